The SMILES string of the molecule is CC(=O)C1(F)CCCC[N]1. The minimum Gasteiger partial charge on any atom is -0.295 e. The maximum atomic E-state index is 13.2. The van der Waals surface area contributed by atoms with Gasteiger partial charge in [-0.3, -0.25) is 4.79 Å². The van der Waals surface area contributed by atoms with Crippen molar-refractivity contribution in [3.63, 3.8) is 0 Å². The van der Waals surface area contributed by atoms with Gasteiger partial charge in [0.2, 0.25) is 5.79 Å². The van der Waals surface area contributed by atoms with E-state index >= 15 is 0 Å². The van der Waals surface area contributed by atoms with Gasteiger partial charge in [0.1, 0.15) is 0 Å². The second kappa shape index (κ2) is 2.66. The monoisotopic (exact) mass is 144 g/mol. The van der Waals surface area contributed by atoms with Crippen LogP contribution in [0.4, 0.5) is 4.39 Å². The molecule has 0 aliphatic carbocycles. The molecule has 1 radical (unpaired) electrons. The van der Waals surface area contributed by atoms with Gasteiger partial charge in [-0.15, -0.1) is 0 Å². The first-order valence-corrected chi connectivity index (χ1v) is 3.54. The van der Waals surface area contributed by atoms with Gasteiger partial charge in [-0.2, -0.15) is 5.32 Å². The first kappa shape index (κ1) is 7.66. The number of piperidine rings is 1. The number of ketones is 1. The van der Waals surface area contributed by atoms with E-state index in [0.717, 1.165) is 12.8 Å². The van der Waals surface area contributed by atoms with Crippen LogP contribution in [0.3, 0.4) is 0 Å². The van der Waals surface area contributed by atoms with Crippen LogP contribution in [0, 0.1) is 0 Å². The van der Waals surface area contributed by atoms with Gasteiger partial charge in [-0.25, -0.2) is 4.39 Å². The molecule has 1 unspecified atom stereocenters. The largest absolute Gasteiger partial charge is 0.295 e. The van der Waals surface area contributed by atoms with E-state index in [1.54, 1.807) is 0 Å². The summed E-state index contributed by atoms with van der Waals surface area (Å²) < 4.78 is 13.2. The molecule has 0 aromatic heterocycles. The lowest BCUT2D eigenvalue weighted by molar-refractivity contribution is -0.132. The Morgan fingerprint density at radius 2 is 2.30 bits per heavy atom. The van der Waals surface area contributed by atoms with Crippen LogP contribution < -0.4 is 5.32 Å². The number of hydrogen-bond donors (Lipinski definition) is 0. The second-order valence-electron chi connectivity index (χ2n) is 2.65. The quantitative estimate of drug-likeness (QED) is 0.506. The lowest BCUT2D eigenvalue weighted by Crippen LogP contribution is -2.44. The summed E-state index contributed by atoms with van der Waals surface area (Å²) in [5.74, 6) is -2.29. The molecule has 1 saturated heterocycles. The van der Waals surface area contributed by atoms with Crippen molar-refractivity contribution in [2.75, 3.05) is 6.54 Å². The van der Waals surface area contributed by atoms with E-state index in [4.69, 9.17) is 0 Å². The summed E-state index contributed by atoms with van der Waals surface area (Å²) in [5.41, 5.74) is 0. The Morgan fingerprint density at radius 1 is 1.60 bits per heavy atom. The van der Waals surface area contributed by atoms with Crippen LogP contribution in [0.2, 0.25) is 0 Å². The molecule has 1 aliphatic rings. The average Bonchev–Trinajstić information content (AvgIpc) is 1.89. The standard InChI is InChI=1S/C7H11FNO/c1-6(10)7(8)4-2-3-5-9-7/h2-5H2,1H3. The van der Waals surface area contributed by atoms with Crippen LogP contribution >= 0.6 is 0 Å². The molecule has 10 heavy (non-hydrogen) atoms. The highest BCUT2D eigenvalue weighted by atomic mass is 19.1. The zero-order valence-corrected chi connectivity index (χ0v) is 6.06. The van der Waals surface area contributed by atoms with E-state index in [-0.39, 0.29) is 6.42 Å². The summed E-state index contributed by atoms with van der Waals surface area (Å²) in [6.07, 6.45) is 1.97. The Morgan fingerprint density at radius 3 is 2.60 bits per heavy atom. The highest BCUT2D eigenvalue weighted by Gasteiger charge is 2.37. The zero-order chi connectivity index (χ0) is 7.61. The van der Waals surface area contributed by atoms with Crippen LogP contribution in [0.1, 0.15) is 26.2 Å². The third kappa shape index (κ3) is 1.34. The molecule has 1 rings (SSSR count). The van der Waals surface area contributed by atoms with Crippen molar-refractivity contribution in [1.82, 2.24) is 5.32 Å². The number of carbonyl (C=O) groups excluding carboxylic acids is 1. The van der Waals surface area contributed by atoms with Gasteiger partial charge in [0.25, 0.3) is 0 Å². The summed E-state index contributed by atoms with van der Waals surface area (Å²) in [6, 6.07) is 0. The van der Waals surface area contributed by atoms with Gasteiger partial charge in [0.15, 0.2) is 5.78 Å². The van der Waals surface area contributed by atoms with Crippen LogP contribution in [0.25, 0.3) is 0 Å². The molecule has 0 amide bonds. The van der Waals surface area contributed by atoms with Gasteiger partial charge in [-0.05, 0) is 19.8 Å². The average molecular weight is 144 g/mol. The Kier molecular flexibility index (Phi) is 2.04. The number of nitrogens with zero attached hydrogens (tertiary/aromatic N) is 1. The molecule has 2 nitrogen and oxygen atoms in total. The van der Waals surface area contributed by atoms with Gasteiger partial charge in [0, 0.05) is 13.0 Å². The Bertz CT molecular complexity index is 141. The fourth-order valence-corrected chi connectivity index (χ4v) is 1.09. The summed E-state index contributed by atoms with van der Waals surface area (Å²) in [7, 11) is 0. The van der Waals surface area contributed by atoms with Crippen molar-refractivity contribution in [2.24, 2.45) is 0 Å². The molecular formula is C7H11FNO. The number of halogens is 1. The summed E-state index contributed by atoms with van der Waals surface area (Å²) in [5, 5.41) is 3.64. The third-order valence-electron chi connectivity index (χ3n) is 1.82. The van der Waals surface area contributed by atoms with Crippen LogP contribution in [-0.2, 0) is 4.79 Å². The summed E-state index contributed by atoms with van der Waals surface area (Å²) in [4.78, 5) is 10.7. The molecule has 0 saturated carbocycles. The van der Waals surface area contributed by atoms with Crippen LogP contribution in [0.15, 0.2) is 0 Å². The van der Waals surface area contributed by atoms with Crippen LogP contribution in [0.5, 0.6) is 0 Å². The highest BCUT2D eigenvalue weighted by molar-refractivity contribution is 5.84. The Balaban J connectivity index is 2.56. The molecule has 57 valence electrons. The van der Waals surface area contributed by atoms with E-state index in [1.165, 1.54) is 6.92 Å². The summed E-state index contributed by atoms with van der Waals surface area (Å²) in [6.45, 7) is 1.75. The van der Waals surface area contributed by atoms with E-state index in [2.05, 4.69) is 5.32 Å². The molecule has 0 aromatic carbocycles. The maximum Gasteiger partial charge on any atom is 0.234 e. The van der Waals surface area contributed by atoms with Crippen molar-refractivity contribution < 1.29 is 9.18 Å². The van der Waals surface area contributed by atoms with Crippen molar-refractivity contribution in [3.8, 4) is 0 Å². The fraction of sp³-hybridized carbons (Fsp3) is 0.857. The van der Waals surface area contributed by atoms with E-state index in [0.29, 0.717) is 6.54 Å². The zero-order valence-electron chi connectivity index (χ0n) is 6.06. The molecule has 1 atom stereocenters. The Hall–Kier alpha value is -0.440. The van der Waals surface area contributed by atoms with Gasteiger partial charge in [-0.1, -0.05) is 0 Å². The van der Waals surface area contributed by atoms with E-state index in [1.807, 2.05) is 0 Å². The van der Waals surface area contributed by atoms with E-state index < -0.39 is 11.6 Å². The fourth-order valence-electron chi connectivity index (χ4n) is 1.09. The molecule has 0 bridgehead atoms. The second-order valence-corrected chi connectivity index (χ2v) is 2.65. The molecule has 0 spiro atoms. The highest BCUT2D eigenvalue weighted by Crippen LogP contribution is 2.22. The first-order valence-electron chi connectivity index (χ1n) is 3.54. The number of Topliss-reactive ketones (excluding diaryl/α,β-unsaturated/α-hetero) is 1. The first-order chi connectivity index (χ1) is 4.65. The number of rotatable bonds is 1. The Labute approximate surface area is 59.8 Å². The maximum absolute atomic E-state index is 13.2. The molecule has 1 fully saturated rings. The molecule has 0 aromatic rings. The van der Waals surface area contributed by atoms with Gasteiger partial charge < -0.3 is 0 Å². The minimum absolute atomic E-state index is 0.280. The van der Waals surface area contributed by atoms with Crippen molar-refractivity contribution in [1.29, 1.82) is 0 Å². The molecule has 1 aliphatic heterocycles. The molecular weight excluding hydrogens is 133 g/mol. The molecule has 0 N–H and O–H groups in total. The lowest BCUT2D eigenvalue weighted by atomic mass is 9.99. The topological polar surface area (TPSA) is 31.2 Å². The number of hydrogen-bond acceptors (Lipinski definition) is 1. The minimum atomic E-state index is -1.84. The van der Waals surface area contributed by atoms with Gasteiger partial charge >= 0.3 is 0 Å². The predicted molar refractivity (Wildman–Crippen MR) is 35.4 cm³/mol. The molecule has 3 heteroatoms. The number of alkyl halides is 1. The van der Waals surface area contributed by atoms with Crippen molar-refractivity contribution in [3.05, 3.63) is 0 Å². The van der Waals surface area contributed by atoms with Crippen molar-refractivity contribution >= 4 is 5.78 Å². The third-order valence-corrected chi connectivity index (χ3v) is 1.82. The van der Waals surface area contributed by atoms with Crippen LogP contribution in [-0.4, -0.2) is 18.1 Å². The molecule has 1 heterocycles. The lowest BCUT2D eigenvalue weighted by Gasteiger charge is -2.25. The number of carbonyl (C=O) groups is 1. The normalized spacial score (nSPS) is 33.8. The van der Waals surface area contributed by atoms with Gasteiger partial charge in [0.05, 0.1) is 0 Å². The van der Waals surface area contributed by atoms with E-state index in [9.17, 15) is 9.18 Å². The van der Waals surface area contributed by atoms with Crippen molar-refractivity contribution in [2.45, 2.75) is 32.0 Å². The summed E-state index contributed by atoms with van der Waals surface area (Å²) >= 11 is 0. The predicted octanol–water partition coefficient (Wildman–Crippen LogP) is 1.03. The smallest absolute Gasteiger partial charge is 0.234 e.